The van der Waals surface area contributed by atoms with Crippen molar-refractivity contribution in [3.8, 4) is 5.75 Å². The summed E-state index contributed by atoms with van der Waals surface area (Å²) >= 11 is 0. The van der Waals surface area contributed by atoms with Crippen LogP contribution in [0, 0.1) is 5.82 Å². The fourth-order valence-corrected chi connectivity index (χ4v) is 2.49. The molecule has 0 saturated carbocycles. The molecule has 0 aliphatic carbocycles. The molecule has 0 aliphatic rings. The number of H-pyrrole nitrogens is 1. The Labute approximate surface area is 155 Å². The van der Waals surface area contributed by atoms with Gasteiger partial charge in [0.15, 0.2) is 17.5 Å². The van der Waals surface area contributed by atoms with Crippen molar-refractivity contribution in [2.45, 2.75) is 32.5 Å². The van der Waals surface area contributed by atoms with Gasteiger partial charge in [0.05, 0.1) is 10.9 Å². The van der Waals surface area contributed by atoms with Crippen molar-refractivity contribution < 1.29 is 18.7 Å². The molecule has 27 heavy (non-hydrogen) atoms. The molecule has 140 valence electrons. The van der Waals surface area contributed by atoms with Crippen molar-refractivity contribution in [2.75, 3.05) is 0 Å². The molecule has 6 nitrogen and oxygen atoms in total. The third kappa shape index (κ3) is 4.13. The first-order chi connectivity index (χ1) is 12.8. The standard InChI is InChI=1S/C20H19FN2O4/c1-12(17-22-16-7-5-4-6-15(16)18(24)23-17)26-19(25)20(2,3)27-14-10-8-13(21)9-11-14/h4-12H,1-3H3,(H,22,23,24)/t12-/m0/s1. The Hall–Kier alpha value is -3.22. The number of para-hydroxylation sites is 1. The van der Waals surface area contributed by atoms with Crippen molar-refractivity contribution in [1.82, 2.24) is 9.97 Å². The van der Waals surface area contributed by atoms with Crippen molar-refractivity contribution in [2.24, 2.45) is 0 Å². The number of nitrogens with one attached hydrogen (secondary N) is 1. The summed E-state index contributed by atoms with van der Waals surface area (Å²) in [5.41, 5.74) is -1.11. The van der Waals surface area contributed by atoms with Crippen LogP contribution in [0.25, 0.3) is 10.9 Å². The number of nitrogens with zero attached hydrogens (tertiary/aromatic N) is 1. The van der Waals surface area contributed by atoms with Crippen molar-refractivity contribution >= 4 is 16.9 Å². The van der Waals surface area contributed by atoms with Crippen LogP contribution in [0.2, 0.25) is 0 Å². The molecule has 1 aromatic heterocycles. The van der Waals surface area contributed by atoms with Gasteiger partial charge in [0.1, 0.15) is 11.6 Å². The third-order valence-electron chi connectivity index (χ3n) is 3.98. The Bertz CT molecular complexity index is 1030. The summed E-state index contributed by atoms with van der Waals surface area (Å²) in [6.07, 6.45) is -0.786. The number of rotatable bonds is 5. The lowest BCUT2D eigenvalue weighted by molar-refractivity contribution is -0.164. The van der Waals surface area contributed by atoms with E-state index in [0.717, 1.165) is 0 Å². The van der Waals surface area contributed by atoms with Crippen LogP contribution in [0.4, 0.5) is 4.39 Å². The number of benzene rings is 2. The van der Waals surface area contributed by atoms with Crippen molar-refractivity contribution in [3.63, 3.8) is 0 Å². The van der Waals surface area contributed by atoms with Crippen LogP contribution in [-0.2, 0) is 9.53 Å². The van der Waals surface area contributed by atoms with Gasteiger partial charge in [-0.15, -0.1) is 0 Å². The summed E-state index contributed by atoms with van der Waals surface area (Å²) in [7, 11) is 0. The topological polar surface area (TPSA) is 81.3 Å². The largest absolute Gasteiger partial charge is 0.476 e. The van der Waals surface area contributed by atoms with E-state index in [9.17, 15) is 14.0 Å². The minimum absolute atomic E-state index is 0.240. The number of aromatic amines is 1. The van der Waals surface area contributed by atoms with E-state index >= 15 is 0 Å². The predicted octanol–water partition coefficient (Wildman–Crippen LogP) is 3.52. The number of aromatic nitrogens is 2. The van der Waals surface area contributed by atoms with Crippen molar-refractivity contribution in [3.05, 3.63) is 70.5 Å². The SMILES string of the molecule is C[C@H](OC(=O)C(C)(C)Oc1ccc(F)cc1)c1nc2ccccc2c(=O)[nH]1. The summed E-state index contributed by atoms with van der Waals surface area (Å²) in [5, 5.41) is 0.458. The van der Waals surface area contributed by atoms with E-state index in [1.807, 2.05) is 0 Å². The first-order valence-electron chi connectivity index (χ1n) is 8.41. The minimum atomic E-state index is -1.32. The summed E-state index contributed by atoms with van der Waals surface area (Å²) in [5.74, 6) is -0.467. The number of carbonyl (C=O) groups excluding carboxylic acids is 1. The molecule has 1 N–H and O–H groups in total. The number of hydrogen-bond donors (Lipinski definition) is 1. The number of esters is 1. The first kappa shape index (κ1) is 18.6. The van der Waals surface area contributed by atoms with Gasteiger partial charge in [-0.05, 0) is 57.2 Å². The zero-order valence-corrected chi connectivity index (χ0v) is 15.2. The highest BCUT2D eigenvalue weighted by Gasteiger charge is 2.34. The Kier molecular flexibility index (Phi) is 4.94. The number of carbonyl (C=O) groups is 1. The second-order valence-corrected chi connectivity index (χ2v) is 6.58. The van der Waals surface area contributed by atoms with Crippen LogP contribution in [0.15, 0.2) is 53.3 Å². The molecule has 0 amide bonds. The molecule has 3 aromatic rings. The first-order valence-corrected chi connectivity index (χ1v) is 8.41. The van der Waals surface area contributed by atoms with Gasteiger partial charge in [-0.1, -0.05) is 12.1 Å². The normalized spacial score (nSPS) is 12.6. The van der Waals surface area contributed by atoms with Crippen LogP contribution in [0.1, 0.15) is 32.7 Å². The molecule has 0 spiro atoms. The van der Waals surface area contributed by atoms with Gasteiger partial charge in [-0.3, -0.25) is 4.79 Å². The van der Waals surface area contributed by atoms with Crippen LogP contribution >= 0.6 is 0 Å². The summed E-state index contributed by atoms with van der Waals surface area (Å²) < 4.78 is 24.0. The second kappa shape index (κ2) is 7.19. The Morgan fingerprint density at radius 1 is 1.15 bits per heavy atom. The molecule has 1 atom stereocenters. The molecule has 1 heterocycles. The molecule has 0 aliphatic heterocycles. The van der Waals surface area contributed by atoms with Crippen molar-refractivity contribution in [1.29, 1.82) is 0 Å². The van der Waals surface area contributed by atoms with E-state index in [1.54, 1.807) is 45.0 Å². The molecular formula is C20H19FN2O4. The van der Waals surface area contributed by atoms with E-state index in [-0.39, 0.29) is 11.4 Å². The quantitative estimate of drug-likeness (QED) is 0.695. The third-order valence-corrected chi connectivity index (χ3v) is 3.98. The highest BCUT2D eigenvalue weighted by molar-refractivity contribution is 5.79. The average molecular weight is 370 g/mol. The van der Waals surface area contributed by atoms with Gasteiger partial charge >= 0.3 is 5.97 Å². The lowest BCUT2D eigenvalue weighted by Crippen LogP contribution is -2.40. The van der Waals surface area contributed by atoms with Crippen LogP contribution in [0.3, 0.4) is 0 Å². The lowest BCUT2D eigenvalue weighted by Gasteiger charge is -2.26. The average Bonchev–Trinajstić information content (AvgIpc) is 2.63. The smallest absolute Gasteiger partial charge is 0.350 e. The molecule has 2 aromatic carbocycles. The summed E-state index contributed by atoms with van der Waals surface area (Å²) in [6, 6.07) is 12.2. The molecule has 3 rings (SSSR count). The van der Waals surface area contributed by atoms with Gasteiger partial charge < -0.3 is 14.5 Å². The molecule has 0 bridgehead atoms. The maximum Gasteiger partial charge on any atom is 0.350 e. The van der Waals surface area contributed by atoms with Crippen LogP contribution in [-0.4, -0.2) is 21.5 Å². The van der Waals surface area contributed by atoms with E-state index in [1.165, 1.54) is 24.3 Å². The van der Waals surface area contributed by atoms with Crippen LogP contribution in [0.5, 0.6) is 5.75 Å². The van der Waals surface area contributed by atoms with E-state index in [0.29, 0.717) is 16.7 Å². The maximum atomic E-state index is 13.0. The number of fused-ring (bicyclic) bond motifs is 1. The fraction of sp³-hybridized carbons (Fsp3) is 0.250. The van der Waals surface area contributed by atoms with Gasteiger partial charge in [-0.25, -0.2) is 14.2 Å². The van der Waals surface area contributed by atoms with E-state index in [2.05, 4.69) is 9.97 Å². The zero-order valence-electron chi connectivity index (χ0n) is 15.2. The Balaban J connectivity index is 1.76. The monoisotopic (exact) mass is 370 g/mol. The Morgan fingerprint density at radius 2 is 1.81 bits per heavy atom. The molecule has 0 saturated heterocycles. The second-order valence-electron chi connectivity index (χ2n) is 6.58. The lowest BCUT2D eigenvalue weighted by atomic mass is 10.1. The zero-order chi connectivity index (χ0) is 19.6. The number of halogens is 1. The van der Waals surface area contributed by atoms with Gasteiger partial charge in [0.25, 0.3) is 5.56 Å². The molecule has 0 fully saturated rings. The van der Waals surface area contributed by atoms with E-state index in [4.69, 9.17) is 9.47 Å². The Morgan fingerprint density at radius 3 is 2.52 bits per heavy atom. The van der Waals surface area contributed by atoms with E-state index < -0.39 is 23.5 Å². The van der Waals surface area contributed by atoms with Gasteiger partial charge in [-0.2, -0.15) is 0 Å². The molecule has 0 unspecified atom stereocenters. The highest BCUT2D eigenvalue weighted by atomic mass is 19.1. The number of hydrogen-bond acceptors (Lipinski definition) is 5. The van der Waals surface area contributed by atoms with Gasteiger partial charge in [0.2, 0.25) is 0 Å². The van der Waals surface area contributed by atoms with Crippen LogP contribution < -0.4 is 10.3 Å². The minimum Gasteiger partial charge on any atom is -0.476 e. The maximum absolute atomic E-state index is 13.0. The van der Waals surface area contributed by atoms with Gasteiger partial charge in [0, 0.05) is 0 Å². The molecule has 0 radical (unpaired) electrons. The molecular weight excluding hydrogens is 351 g/mol. The molecule has 7 heteroatoms. The number of ether oxygens (including phenoxy) is 2. The predicted molar refractivity (Wildman–Crippen MR) is 98.0 cm³/mol. The summed E-state index contributed by atoms with van der Waals surface area (Å²) in [4.78, 5) is 31.7. The summed E-state index contributed by atoms with van der Waals surface area (Å²) in [6.45, 7) is 4.70. The fourth-order valence-electron chi connectivity index (χ4n) is 2.49. The highest BCUT2D eigenvalue weighted by Crippen LogP contribution is 2.23.